The Balaban J connectivity index is 1.12. The van der Waals surface area contributed by atoms with Crippen LogP contribution in [0.3, 0.4) is 0 Å². The number of unbranched alkanes of at least 4 members (excludes halogenated alkanes) is 5. The second kappa shape index (κ2) is 8.61. The van der Waals surface area contributed by atoms with Crippen LogP contribution in [0.1, 0.15) is 80.0 Å². The molecule has 2 aromatic carbocycles. The molecule has 2 aliphatic rings. The minimum absolute atomic E-state index is 0.198. The third-order valence-corrected chi connectivity index (χ3v) is 5.77. The highest BCUT2D eigenvalue weighted by atomic mass is 16.2. The maximum absolute atomic E-state index is 12.3. The maximum atomic E-state index is 12.3. The number of benzene rings is 2. The van der Waals surface area contributed by atoms with E-state index in [2.05, 4.69) is 0 Å². The van der Waals surface area contributed by atoms with Crippen molar-refractivity contribution in [1.29, 1.82) is 0 Å². The summed E-state index contributed by atoms with van der Waals surface area (Å²) in [5.74, 6) is -0.791. The molecule has 154 valence electrons. The number of carbonyl (C=O) groups excluding carboxylic acids is 4. The standard InChI is InChI=1S/C24H24N2O4/c27-21-17-11-5-6-12-18(17)22(28)25(21)15-9-3-1-2-4-10-16-26-23(29)19-13-7-8-14-20(19)24(26)30/h5-8,11-14H,1-4,9-10,15-16H2. The monoisotopic (exact) mass is 404 g/mol. The first-order valence-electron chi connectivity index (χ1n) is 10.5. The first-order chi connectivity index (χ1) is 14.6. The predicted molar refractivity (Wildman–Crippen MR) is 111 cm³/mol. The molecule has 0 atom stereocenters. The lowest BCUT2D eigenvalue weighted by molar-refractivity contribution is 0.0634. The molecule has 6 nitrogen and oxygen atoms in total. The number of rotatable bonds is 9. The molecule has 2 heterocycles. The number of hydrogen-bond acceptors (Lipinski definition) is 4. The first-order valence-corrected chi connectivity index (χ1v) is 10.5. The molecule has 0 saturated carbocycles. The molecule has 0 saturated heterocycles. The molecule has 0 unspecified atom stereocenters. The molecule has 0 radical (unpaired) electrons. The van der Waals surface area contributed by atoms with Gasteiger partial charge in [0.25, 0.3) is 23.6 Å². The molecule has 0 aliphatic carbocycles. The zero-order chi connectivity index (χ0) is 21.1. The van der Waals surface area contributed by atoms with Crippen LogP contribution in [0, 0.1) is 0 Å². The molecule has 0 fully saturated rings. The van der Waals surface area contributed by atoms with Gasteiger partial charge in [0.15, 0.2) is 0 Å². The zero-order valence-corrected chi connectivity index (χ0v) is 16.8. The Hall–Kier alpha value is -3.28. The van der Waals surface area contributed by atoms with E-state index in [1.54, 1.807) is 48.5 Å². The van der Waals surface area contributed by atoms with Crippen molar-refractivity contribution in [2.24, 2.45) is 0 Å². The molecule has 2 aliphatic heterocycles. The number of carbonyl (C=O) groups is 4. The van der Waals surface area contributed by atoms with Crippen molar-refractivity contribution in [2.45, 2.75) is 38.5 Å². The third kappa shape index (κ3) is 3.65. The Kier molecular flexibility index (Phi) is 5.74. The highest BCUT2D eigenvalue weighted by molar-refractivity contribution is 6.22. The fourth-order valence-corrected chi connectivity index (χ4v) is 4.13. The number of fused-ring (bicyclic) bond motifs is 2. The van der Waals surface area contributed by atoms with Crippen molar-refractivity contribution in [3.05, 3.63) is 70.8 Å². The minimum atomic E-state index is -0.198. The first kappa shape index (κ1) is 20.0. The zero-order valence-electron chi connectivity index (χ0n) is 16.8. The molecular formula is C24H24N2O4. The van der Waals surface area contributed by atoms with E-state index in [0.717, 1.165) is 38.5 Å². The van der Waals surface area contributed by atoms with Crippen LogP contribution in [0.25, 0.3) is 0 Å². The van der Waals surface area contributed by atoms with Crippen molar-refractivity contribution in [2.75, 3.05) is 13.1 Å². The van der Waals surface area contributed by atoms with E-state index >= 15 is 0 Å². The number of hydrogen-bond donors (Lipinski definition) is 0. The fraction of sp³-hybridized carbons (Fsp3) is 0.333. The molecule has 4 rings (SSSR count). The van der Waals surface area contributed by atoms with E-state index < -0.39 is 0 Å². The van der Waals surface area contributed by atoms with Gasteiger partial charge in [-0.25, -0.2) is 0 Å². The second-order valence-electron chi connectivity index (χ2n) is 7.74. The van der Waals surface area contributed by atoms with Gasteiger partial charge in [0.2, 0.25) is 0 Å². The SMILES string of the molecule is O=C1c2ccccc2C(=O)N1CCCCCCCCN1C(=O)c2ccccc2C1=O. The Labute approximate surface area is 175 Å². The van der Waals surface area contributed by atoms with E-state index in [0.29, 0.717) is 35.3 Å². The second-order valence-corrected chi connectivity index (χ2v) is 7.74. The minimum Gasteiger partial charge on any atom is -0.274 e. The number of nitrogens with zero attached hydrogens (tertiary/aromatic N) is 2. The van der Waals surface area contributed by atoms with Crippen LogP contribution in [-0.4, -0.2) is 46.5 Å². The Morgan fingerprint density at radius 1 is 0.433 bits per heavy atom. The molecule has 0 spiro atoms. The largest absolute Gasteiger partial charge is 0.274 e. The highest BCUT2D eigenvalue weighted by Gasteiger charge is 2.35. The quantitative estimate of drug-likeness (QED) is 0.469. The van der Waals surface area contributed by atoms with Crippen LogP contribution in [-0.2, 0) is 0 Å². The number of amides is 4. The molecule has 0 bridgehead atoms. The maximum Gasteiger partial charge on any atom is 0.261 e. The van der Waals surface area contributed by atoms with Gasteiger partial charge in [0, 0.05) is 13.1 Å². The van der Waals surface area contributed by atoms with Crippen molar-refractivity contribution < 1.29 is 19.2 Å². The predicted octanol–water partition coefficient (Wildman–Crippen LogP) is 3.92. The van der Waals surface area contributed by atoms with Crippen molar-refractivity contribution >= 4 is 23.6 Å². The Bertz CT molecular complexity index is 862. The van der Waals surface area contributed by atoms with Gasteiger partial charge >= 0.3 is 0 Å². The van der Waals surface area contributed by atoms with Gasteiger partial charge in [-0.05, 0) is 37.1 Å². The average molecular weight is 404 g/mol. The van der Waals surface area contributed by atoms with E-state index in [1.807, 2.05) is 0 Å². The van der Waals surface area contributed by atoms with Crippen LogP contribution in [0.2, 0.25) is 0 Å². The van der Waals surface area contributed by atoms with Gasteiger partial charge in [0.05, 0.1) is 22.3 Å². The van der Waals surface area contributed by atoms with Gasteiger partial charge in [0.1, 0.15) is 0 Å². The summed E-state index contributed by atoms with van der Waals surface area (Å²) in [7, 11) is 0. The van der Waals surface area contributed by atoms with Crippen LogP contribution in [0.5, 0.6) is 0 Å². The van der Waals surface area contributed by atoms with Crippen LogP contribution < -0.4 is 0 Å². The van der Waals surface area contributed by atoms with Crippen molar-refractivity contribution in [1.82, 2.24) is 9.80 Å². The topological polar surface area (TPSA) is 74.8 Å². The van der Waals surface area contributed by atoms with Crippen LogP contribution in [0.4, 0.5) is 0 Å². The Morgan fingerprint density at radius 3 is 1.00 bits per heavy atom. The molecular weight excluding hydrogens is 380 g/mol. The van der Waals surface area contributed by atoms with E-state index in [-0.39, 0.29) is 23.6 Å². The molecule has 2 aromatic rings. The average Bonchev–Trinajstić information content (AvgIpc) is 3.16. The molecule has 6 heteroatoms. The summed E-state index contributed by atoms with van der Waals surface area (Å²) in [5.41, 5.74) is 1.98. The summed E-state index contributed by atoms with van der Waals surface area (Å²) < 4.78 is 0. The lowest BCUT2D eigenvalue weighted by atomic mass is 10.1. The Morgan fingerprint density at radius 2 is 0.700 bits per heavy atom. The summed E-state index contributed by atoms with van der Waals surface area (Å²) in [6.45, 7) is 0.892. The van der Waals surface area contributed by atoms with Gasteiger partial charge in [-0.1, -0.05) is 49.9 Å². The fourth-order valence-electron chi connectivity index (χ4n) is 4.13. The third-order valence-electron chi connectivity index (χ3n) is 5.77. The molecule has 30 heavy (non-hydrogen) atoms. The lowest BCUT2D eigenvalue weighted by Crippen LogP contribution is -2.30. The van der Waals surface area contributed by atoms with E-state index in [1.165, 1.54) is 9.80 Å². The van der Waals surface area contributed by atoms with E-state index in [4.69, 9.17) is 0 Å². The van der Waals surface area contributed by atoms with E-state index in [9.17, 15) is 19.2 Å². The van der Waals surface area contributed by atoms with Crippen molar-refractivity contribution in [3.63, 3.8) is 0 Å². The van der Waals surface area contributed by atoms with Gasteiger partial charge in [-0.15, -0.1) is 0 Å². The molecule has 4 amide bonds. The molecule has 0 N–H and O–H groups in total. The van der Waals surface area contributed by atoms with Crippen molar-refractivity contribution in [3.8, 4) is 0 Å². The smallest absolute Gasteiger partial charge is 0.261 e. The lowest BCUT2D eigenvalue weighted by Gasteiger charge is -2.14. The summed E-state index contributed by atoms with van der Waals surface area (Å²) in [6, 6.07) is 13.9. The summed E-state index contributed by atoms with van der Waals surface area (Å²) in [4.78, 5) is 52.0. The van der Waals surface area contributed by atoms with Gasteiger partial charge < -0.3 is 0 Å². The normalized spacial score (nSPS) is 15.2. The molecule has 0 aromatic heterocycles. The summed E-state index contributed by atoms with van der Waals surface area (Å²) in [6.07, 6.45) is 5.41. The highest BCUT2D eigenvalue weighted by Crippen LogP contribution is 2.24. The van der Waals surface area contributed by atoms with Crippen LogP contribution >= 0.6 is 0 Å². The van der Waals surface area contributed by atoms with Gasteiger partial charge in [-0.3, -0.25) is 29.0 Å². The summed E-state index contributed by atoms with van der Waals surface area (Å²) >= 11 is 0. The number of imide groups is 2. The summed E-state index contributed by atoms with van der Waals surface area (Å²) in [5, 5.41) is 0. The van der Waals surface area contributed by atoms with Crippen LogP contribution in [0.15, 0.2) is 48.5 Å². The van der Waals surface area contributed by atoms with Gasteiger partial charge in [-0.2, -0.15) is 0 Å².